The molecule has 1 heterocycles. The van der Waals surface area contributed by atoms with E-state index in [0.717, 1.165) is 34.0 Å². The molecule has 0 radical (unpaired) electrons. The second-order valence-corrected chi connectivity index (χ2v) is 13.2. The second kappa shape index (κ2) is 13.1. The van der Waals surface area contributed by atoms with E-state index in [1.807, 2.05) is 121 Å². The number of ether oxygens (including phenoxy) is 2. The number of carbonyl (C=O) groups is 1. The predicted molar refractivity (Wildman–Crippen MR) is 174 cm³/mol. The van der Waals surface area contributed by atoms with Crippen molar-refractivity contribution < 1.29 is 19.4 Å². The zero-order valence-electron chi connectivity index (χ0n) is 26.3. The number of hydrogen-bond donors (Lipinski definition) is 2. The number of hydrogen-bond acceptors (Lipinski definition) is 8. The van der Waals surface area contributed by atoms with Crippen molar-refractivity contribution in [2.45, 2.75) is 71.4 Å². The van der Waals surface area contributed by atoms with E-state index in [1.165, 1.54) is 11.8 Å². The summed E-state index contributed by atoms with van der Waals surface area (Å²) in [5.41, 5.74) is 3.07. The van der Waals surface area contributed by atoms with Crippen LogP contribution in [0, 0.1) is 0 Å². The van der Waals surface area contributed by atoms with Gasteiger partial charge in [-0.3, -0.25) is 9.36 Å². The largest absolute Gasteiger partial charge is 0.507 e. The molecular formula is C34H42N4O4S. The van der Waals surface area contributed by atoms with E-state index in [0.29, 0.717) is 29.9 Å². The molecule has 9 heteroatoms. The summed E-state index contributed by atoms with van der Waals surface area (Å²) >= 11 is 1.32. The number of phenolic OH excluding ortho intramolecular Hbond substituents is 1. The summed E-state index contributed by atoms with van der Waals surface area (Å²) < 4.78 is 13.1. The number of nitrogens with zero attached hydrogens (tertiary/aromatic N) is 3. The summed E-state index contributed by atoms with van der Waals surface area (Å²) in [6.45, 7) is 17.3. The quantitative estimate of drug-likeness (QED) is 0.131. The monoisotopic (exact) mass is 602 g/mol. The Kier molecular flexibility index (Phi) is 9.75. The van der Waals surface area contributed by atoms with E-state index in [4.69, 9.17) is 9.47 Å². The molecular weight excluding hydrogens is 560 g/mol. The third-order valence-corrected chi connectivity index (χ3v) is 7.77. The molecule has 0 aliphatic heterocycles. The first-order valence-electron chi connectivity index (χ1n) is 14.5. The minimum Gasteiger partial charge on any atom is -0.507 e. The fourth-order valence-electron chi connectivity index (χ4n) is 4.62. The molecule has 4 aromatic rings. The number of thioether (sulfide) groups is 1. The summed E-state index contributed by atoms with van der Waals surface area (Å²) in [4.78, 5) is 13.6. The Morgan fingerprint density at radius 2 is 1.35 bits per heavy atom. The minimum absolute atomic E-state index is 0.0525. The molecule has 0 spiro atoms. The van der Waals surface area contributed by atoms with Gasteiger partial charge in [0.1, 0.15) is 17.2 Å². The minimum atomic E-state index is -0.331. The van der Waals surface area contributed by atoms with Crippen LogP contribution in [-0.2, 0) is 10.8 Å². The van der Waals surface area contributed by atoms with Gasteiger partial charge < -0.3 is 19.9 Å². The van der Waals surface area contributed by atoms with Crippen LogP contribution in [0.2, 0.25) is 0 Å². The Morgan fingerprint density at radius 1 is 0.837 bits per heavy atom. The standard InChI is InChI=1S/C34H42N4O4S/c1-9-41-25-15-11-23(12-16-25)35-31-36-37-32(38(31)24-13-17-26(18-14-24)42-10-2)43-21-29(39)22-19-27(33(3,4)5)30(40)28(20-22)34(6,7)8/h11-20,40H,9-10,21H2,1-8H3,(H,35,36). The summed E-state index contributed by atoms with van der Waals surface area (Å²) in [7, 11) is 0. The molecule has 0 unspecified atom stereocenters. The molecule has 0 aliphatic rings. The molecule has 2 N–H and O–H groups in total. The number of benzene rings is 3. The maximum atomic E-state index is 13.6. The van der Waals surface area contributed by atoms with E-state index in [-0.39, 0.29) is 28.1 Å². The van der Waals surface area contributed by atoms with Crippen LogP contribution in [0.5, 0.6) is 17.2 Å². The molecule has 0 aliphatic carbocycles. The molecule has 0 saturated carbocycles. The zero-order valence-corrected chi connectivity index (χ0v) is 27.1. The van der Waals surface area contributed by atoms with Gasteiger partial charge in [0.15, 0.2) is 10.9 Å². The van der Waals surface area contributed by atoms with Crippen molar-refractivity contribution in [2.24, 2.45) is 0 Å². The first-order valence-corrected chi connectivity index (χ1v) is 15.5. The number of nitrogens with one attached hydrogen (secondary N) is 1. The van der Waals surface area contributed by atoms with Gasteiger partial charge in [0, 0.05) is 22.4 Å². The van der Waals surface area contributed by atoms with Gasteiger partial charge in [-0.25, -0.2) is 0 Å². The van der Waals surface area contributed by atoms with Crippen LogP contribution >= 0.6 is 11.8 Å². The van der Waals surface area contributed by atoms with E-state index in [2.05, 4.69) is 15.5 Å². The van der Waals surface area contributed by atoms with Crippen LogP contribution in [0.1, 0.15) is 76.9 Å². The smallest absolute Gasteiger partial charge is 0.234 e. The normalized spacial score (nSPS) is 11.8. The molecule has 0 atom stereocenters. The van der Waals surface area contributed by atoms with Crippen LogP contribution in [0.4, 0.5) is 11.6 Å². The number of anilines is 2. The average molecular weight is 603 g/mol. The lowest BCUT2D eigenvalue weighted by Gasteiger charge is -2.28. The highest BCUT2D eigenvalue weighted by Crippen LogP contribution is 2.40. The van der Waals surface area contributed by atoms with Gasteiger partial charge in [-0.05, 0) is 85.3 Å². The maximum Gasteiger partial charge on any atom is 0.234 e. The lowest BCUT2D eigenvalue weighted by atomic mass is 9.78. The van der Waals surface area contributed by atoms with Crippen LogP contribution < -0.4 is 14.8 Å². The molecule has 4 rings (SSSR count). The van der Waals surface area contributed by atoms with E-state index >= 15 is 0 Å². The lowest BCUT2D eigenvalue weighted by Crippen LogP contribution is -2.19. The predicted octanol–water partition coefficient (Wildman–Crippen LogP) is 8.08. The third-order valence-electron chi connectivity index (χ3n) is 6.84. The fraction of sp³-hybridized carbons (Fsp3) is 0.382. The molecule has 0 amide bonds. The summed E-state index contributed by atoms with van der Waals surface area (Å²) in [6.07, 6.45) is 0. The Balaban J connectivity index is 1.66. The number of rotatable bonds is 11. The zero-order chi connectivity index (χ0) is 31.4. The van der Waals surface area contributed by atoms with Gasteiger partial charge in [-0.2, -0.15) is 0 Å². The lowest BCUT2D eigenvalue weighted by molar-refractivity contribution is 0.102. The van der Waals surface area contributed by atoms with Crippen molar-refractivity contribution >= 4 is 29.2 Å². The van der Waals surface area contributed by atoms with Crippen molar-refractivity contribution in [2.75, 3.05) is 24.3 Å². The van der Waals surface area contributed by atoms with Gasteiger partial charge in [0.2, 0.25) is 5.95 Å². The molecule has 8 nitrogen and oxygen atoms in total. The van der Waals surface area contributed by atoms with Gasteiger partial charge in [-0.1, -0.05) is 53.3 Å². The van der Waals surface area contributed by atoms with Crippen LogP contribution in [0.25, 0.3) is 5.69 Å². The maximum absolute atomic E-state index is 13.6. The van der Waals surface area contributed by atoms with Gasteiger partial charge in [-0.15, -0.1) is 10.2 Å². The number of aromatic hydroxyl groups is 1. The number of phenols is 1. The average Bonchev–Trinajstić information content (AvgIpc) is 3.34. The molecule has 3 aromatic carbocycles. The van der Waals surface area contributed by atoms with E-state index in [1.54, 1.807) is 0 Å². The molecule has 0 fully saturated rings. The third kappa shape index (κ3) is 7.70. The molecule has 0 bridgehead atoms. The molecule has 1 aromatic heterocycles. The number of aromatic nitrogens is 3. The Hall–Kier alpha value is -3.98. The summed E-state index contributed by atoms with van der Waals surface area (Å²) in [5, 5.41) is 23.9. The van der Waals surface area contributed by atoms with Crippen LogP contribution in [0.15, 0.2) is 65.8 Å². The number of carbonyl (C=O) groups excluding carboxylic acids is 1. The number of ketones is 1. The Labute approximate surface area is 258 Å². The van der Waals surface area contributed by atoms with Gasteiger partial charge >= 0.3 is 0 Å². The van der Waals surface area contributed by atoms with Crippen LogP contribution in [-0.4, -0.2) is 44.6 Å². The van der Waals surface area contributed by atoms with Gasteiger partial charge in [0.25, 0.3) is 0 Å². The Morgan fingerprint density at radius 3 is 1.84 bits per heavy atom. The highest BCUT2D eigenvalue weighted by Gasteiger charge is 2.28. The first kappa shape index (κ1) is 31.9. The topological polar surface area (TPSA) is 98.5 Å². The van der Waals surface area contributed by atoms with Gasteiger partial charge in [0.05, 0.1) is 24.7 Å². The molecule has 43 heavy (non-hydrogen) atoms. The van der Waals surface area contributed by atoms with Crippen molar-refractivity contribution in [3.8, 4) is 22.9 Å². The fourth-order valence-corrected chi connectivity index (χ4v) is 5.46. The van der Waals surface area contributed by atoms with E-state index in [9.17, 15) is 9.90 Å². The van der Waals surface area contributed by atoms with Crippen LogP contribution in [0.3, 0.4) is 0 Å². The first-order chi connectivity index (χ1) is 20.3. The van der Waals surface area contributed by atoms with Crippen molar-refractivity contribution in [1.29, 1.82) is 0 Å². The summed E-state index contributed by atoms with van der Waals surface area (Å²) in [5.74, 6) is 2.41. The second-order valence-electron chi connectivity index (χ2n) is 12.3. The van der Waals surface area contributed by atoms with Crippen molar-refractivity contribution in [3.63, 3.8) is 0 Å². The highest BCUT2D eigenvalue weighted by atomic mass is 32.2. The van der Waals surface area contributed by atoms with Crippen molar-refractivity contribution in [3.05, 3.63) is 77.4 Å². The summed E-state index contributed by atoms with van der Waals surface area (Å²) in [6, 6.07) is 19.0. The molecule has 0 saturated heterocycles. The Bertz CT molecular complexity index is 1510. The highest BCUT2D eigenvalue weighted by molar-refractivity contribution is 7.99. The SMILES string of the molecule is CCOc1ccc(Nc2nnc(SCC(=O)c3cc(C(C)(C)C)c(O)c(C(C)(C)C)c3)n2-c2ccc(OCC)cc2)cc1. The number of Topliss-reactive ketones (excluding diaryl/α,β-unsaturated/α-hetero) is 1. The van der Waals surface area contributed by atoms with E-state index < -0.39 is 0 Å². The van der Waals surface area contributed by atoms with Crippen molar-refractivity contribution in [1.82, 2.24) is 14.8 Å². The molecule has 228 valence electrons.